The molecule has 0 saturated heterocycles. The van der Waals surface area contributed by atoms with Gasteiger partial charge in [0, 0.05) is 19.5 Å². The van der Waals surface area contributed by atoms with Crippen molar-refractivity contribution in [1.82, 2.24) is 15.0 Å². The zero-order valence-electron chi connectivity index (χ0n) is 9.22. The average Bonchev–Trinajstić information content (AvgIpc) is 2.98. The molecule has 0 radical (unpaired) electrons. The first-order valence-electron chi connectivity index (χ1n) is 5.40. The lowest BCUT2D eigenvalue weighted by Crippen LogP contribution is -2.28. The third kappa shape index (κ3) is 3.03. The first-order chi connectivity index (χ1) is 7.65. The van der Waals surface area contributed by atoms with E-state index in [1.165, 1.54) is 0 Å². The van der Waals surface area contributed by atoms with E-state index in [0.29, 0.717) is 30.8 Å². The molecule has 1 aliphatic carbocycles. The van der Waals surface area contributed by atoms with Crippen LogP contribution in [-0.2, 0) is 11.3 Å². The monoisotopic (exact) mass is 225 g/mol. The lowest BCUT2D eigenvalue weighted by Gasteiger charge is -2.18. The summed E-state index contributed by atoms with van der Waals surface area (Å²) in [5.74, 6) is 0.411. The third-order valence-corrected chi connectivity index (χ3v) is 2.59. The molecule has 0 unspecified atom stereocenters. The number of aryl methyl sites for hydroxylation is 1. The van der Waals surface area contributed by atoms with E-state index < -0.39 is 5.97 Å². The van der Waals surface area contributed by atoms with E-state index in [1.807, 2.05) is 0 Å². The SMILES string of the molecule is Cc1nc(CN(CCC(=O)O)C2CC2)no1. The zero-order valence-corrected chi connectivity index (χ0v) is 9.22. The molecule has 1 aromatic rings. The molecule has 1 saturated carbocycles. The third-order valence-electron chi connectivity index (χ3n) is 2.59. The highest BCUT2D eigenvalue weighted by atomic mass is 16.5. The fourth-order valence-electron chi connectivity index (χ4n) is 1.66. The molecule has 0 spiro atoms. The minimum atomic E-state index is -0.769. The molecule has 88 valence electrons. The topological polar surface area (TPSA) is 79.5 Å². The molecule has 1 fully saturated rings. The fraction of sp³-hybridized carbons (Fsp3) is 0.700. The molecule has 1 heterocycles. The Morgan fingerprint density at radius 3 is 2.88 bits per heavy atom. The van der Waals surface area contributed by atoms with Crippen molar-refractivity contribution in [3.05, 3.63) is 11.7 Å². The minimum absolute atomic E-state index is 0.160. The predicted octanol–water partition coefficient (Wildman–Crippen LogP) is 0.817. The van der Waals surface area contributed by atoms with Crippen molar-refractivity contribution in [3.8, 4) is 0 Å². The number of carbonyl (C=O) groups is 1. The highest BCUT2D eigenvalue weighted by Gasteiger charge is 2.29. The largest absolute Gasteiger partial charge is 0.481 e. The Kier molecular flexibility index (Phi) is 3.19. The lowest BCUT2D eigenvalue weighted by atomic mass is 10.3. The number of carboxylic acids is 1. The average molecular weight is 225 g/mol. The number of rotatable bonds is 6. The van der Waals surface area contributed by atoms with Gasteiger partial charge in [0.15, 0.2) is 5.82 Å². The van der Waals surface area contributed by atoms with Crippen molar-refractivity contribution in [2.45, 2.75) is 38.8 Å². The normalized spacial score (nSPS) is 15.6. The van der Waals surface area contributed by atoms with Gasteiger partial charge in [0.2, 0.25) is 5.89 Å². The fourth-order valence-corrected chi connectivity index (χ4v) is 1.66. The summed E-state index contributed by atoms with van der Waals surface area (Å²) in [5.41, 5.74) is 0. The van der Waals surface area contributed by atoms with Crippen LogP contribution in [-0.4, -0.2) is 38.7 Å². The second-order valence-electron chi connectivity index (χ2n) is 4.08. The van der Waals surface area contributed by atoms with Gasteiger partial charge in [0.1, 0.15) is 0 Å². The van der Waals surface area contributed by atoms with Gasteiger partial charge in [-0.2, -0.15) is 4.98 Å². The van der Waals surface area contributed by atoms with Crippen LogP contribution in [0.3, 0.4) is 0 Å². The van der Waals surface area contributed by atoms with Gasteiger partial charge in [-0.05, 0) is 12.8 Å². The molecule has 0 aromatic carbocycles. The summed E-state index contributed by atoms with van der Waals surface area (Å²) in [6, 6.07) is 0.498. The Hall–Kier alpha value is -1.43. The van der Waals surface area contributed by atoms with E-state index >= 15 is 0 Å². The van der Waals surface area contributed by atoms with Gasteiger partial charge in [-0.15, -0.1) is 0 Å². The summed E-state index contributed by atoms with van der Waals surface area (Å²) in [4.78, 5) is 16.8. The van der Waals surface area contributed by atoms with Crippen LogP contribution >= 0.6 is 0 Å². The Morgan fingerprint density at radius 1 is 1.62 bits per heavy atom. The first-order valence-corrected chi connectivity index (χ1v) is 5.40. The second kappa shape index (κ2) is 4.61. The number of carboxylic acid groups (broad SMARTS) is 1. The molecule has 2 rings (SSSR count). The van der Waals surface area contributed by atoms with Crippen LogP contribution < -0.4 is 0 Å². The number of hydrogen-bond donors (Lipinski definition) is 1. The Balaban J connectivity index is 1.89. The van der Waals surface area contributed by atoms with Crippen LogP contribution in [0.4, 0.5) is 0 Å². The van der Waals surface area contributed by atoms with Gasteiger partial charge in [0.05, 0.1) is 13.0 Å². The maximum absolute atomic E-state index is 10.5. The smallest absolute Gasteiger partial charge is 0.304 e. The quantitative estimate of drug-likeness (QED) is 0.772. The van der Waals surface area contributed by atoms with E-state index in [4.69, 9.17) is 9.63 Å². The van der Waals surface area contributed by atoms with E-state index in [0.717, 1.165) is 12.8 Å². The standard InChI is InChI=1S/C10H15N3O3/c1-7-11-9(12-16-7)6-13(8-2-3-8)5-4-10(14)15/h8H,2-6H2,1H3,(H,14,15). The zero-order chi connectivity index (χ0) is 11.5. The van der Waals surface area contributed by atoms with Crippen LogP contribution in [0.2, 0.25) is 0 Å². The molecule has 6 nitrogen and oxygen atoms in total. The summed E-state index contributed by atoms with van der Waals surface area (Å²) >= 11 is 0. The van der Waals surface area contributed by atoms with Crippen molar-refractivity contribution < 1.29 is 14.4 Å². The maximum atomic E-state index is 10.5. The first kappa shape index (κ1) is 11.1. The molecule has 1 aliphatic rings. The van der Waals surface area contributed by atoms with E-state index in [-0.39, 0.29) is 6.42 Å². The number of hydrogen-bond acceptors (Lipinski definition) is 5. The van der Waals surface area contributed by atoms with Gasteiger partial charge in [-0.3, -0.25) is 9.69 Å². The van der Waals surface area contributed by atoms with E-state index in [9.17, 15) is 4.79 Å². The molecule has 1 aromatic heterocycles. The molecular weight excluding hydrogens is 210 g/mol. The summed E-state index contributed by atoms with van der Waals surface area (Å²) in [7, 11) is 0. The summed E-state index contributed by atoms with van der Waals surface area (Å²) in [6.07, 6.45) is 2.43. The maximum Gasteiger partial charge on any atom is 0.304 e. The van der Waals surface area contributed by atoms with Crippen molar-refractivity contribution in [2.75, 3.05) is 6.54 Å². The van der Waals surface area contributed by atoms with Crippen LogP contribution in [0.15, 0.2) is 4.52 Å². The molecule has 1 N–H and O–H groups in total. The number of aromatic nitrogens is 2. The number of aliphatic carboxylic acids is 1. The Morgan fingerprint density at radius 2 is 2.38 bits per heavy atom. The predicted molar refractivity (Wildman–Crippen MR) is 54.7 cm³/mol. The molecule has 0 amide bonds. The van der Waals surface area contributed by atoms with Crippen molar-refractivity contribution in [1.29, 1.82) is 0 Å². The minimum Gasteiger partial charge on any atom is -0.481 e. The summed E-state index contributed by atoms with van der Waals surface area (Å²) < 4.78 is 4.89. The lowest BCUT2D eigenvalue weighted by molar-refractivity contribution is -0.137. The molecule has 16 heavy (non-hydrogen) atoms. The van der Waals surface area contributed by atoms with Gasteiger partial charge >= 0.3 is 5.97 Å². The summed E-state index contributed by atoms with van der Waals surface area (Å²) in [5, 5.41) is 12.5. The van der Waals surface area contributed by atoms with Gasteiger partial charge < -0.3 is 9.63 Å². The number of nitrogens with zero attached hydrogens (tertiary/aromatic N) is 3. The highest BCUT2D eigenvalue weighted by molar-refractivity contribution is 5.66. The van der Waals surface area contributed by atoms with Gasteiger partial charge in [0.25, 0.3) is 0 Å². The van der Waals surface area contributed by atoms with Crippen LogP contribution in [0.5, 0.6) is 0 Å². The van der Waals surface area contributed by atoms with Crippen molar-refractivity contribution in [2.24, 2.45) is 0 Å². The van der Waals surface area contributed by atoms with E-state index in [1.54, 1.807) is 6.92 Å². The van der Waals surface area contributed by atoms with E-state index in [2.05, 4.69) is 15.0 Å². The molecule has 0 bridgehead atoms. The van der Waals surface area contributed by atoms with Gasteiger partial charge in [-0.1, -0.05) is 5.16 Å². The van der Waals surface area contributed by atoms with Crippen LogP contribution in [0, 0.1) is 6.92 Å². The summed E-state index contributed by atoms with van der Waals surface area (Å²) in [6.45, 7) is 2.87. The van der Waals surface area contributed by atoms with Gasteiger partial charge in [-0.25, -0.2) is 0 Å². The molecule has 0 atom stereocenters. The van der Waals surface area contributed by atoms with Crippen molar-refractivity contribution in [3.63, 3.8) is 0 Å². The molecular formula is C10H15N3O3. The molecule has 6 heteroatoms. The van der Waals surface area contributed by atoms with Crippen molar-refractivity contribution >= 4 is 5.97 Å². The highest BCUT2D eigenvalue weighted by Crippen LogP contribution is 2.27. The molecule has 0 aliphatic heterocycles. The Labute approximate surface area is 93.2 Å². The second-order valence-corrected chi connectivity index (χ2v) is 4.08. The van der Waals surface area contributed by atoms with Crippen LogP contribution in [0.1, 0.15) is 31.0 Å². The van der Waals surface area contributed by atoms with Crippen LogP contribution in [0.25, 0.3) is 0 Å². The Bertz CT molecular complexity index is 373.